The first kappa shape index (κ1) is 5.51. The Kier molecular flexibility index (Phi) is 4.14. The number of nitrogens with zero attached hydrogens (tertiary/aromatic N) is 1. The van der Waals surface area contributed by atoms with E-state index in [4.69, 9.17) is 5.26 Å². The van der Waals surface area contributed by atoms with E-state index in [2.05, 4.69) is 0 Å². The van der Waals surface area contributed by atoms with Gasteiger partial charge in [-0.05, 0) is 11.8 Å². The number of nitriles is 1. The number of rotatable bonds is 2. The van der Waals surface area contributed by atoms with Crippen LogP contribution >= 0.6 is 11.8 Å². The standard InChI is InChI=1S/C3H3NOS/c4-3-6-2-1-5/h1H,2H2. The summed E-state index contributed by atoms with van der Waals surface area (Å²) in [5.74, 6) is 0.288. The van der Waals surface area contributed by atoms with Crippen LogP contribution in [0.5, 0.6) is 0 Å². The van der Waals surface area contributed by atoms with E-state index in [1.165, 1.54) is 0 Å². The summed E-state index contributed by atoms with van der Waals surface area (Å²) in [5.41, 5.74) is 0. The number of hydrogen-bond donors (Lipinski definition) is 0. The van der Waals surface area contributed by atoms with Crippen molar-refractivity contribution in [3.63, 3.8) is 0 Å². The Morgan fingerprint density at radius 2 is 2.67 bits per heavy atom. The minimum atomic E-state index is 0.288. The van der Waals surface area contributed by atoms with E-state index >= 15 is 0 Å². The van der Waals surface area contributed by atoms with Crippen molar-refractivity contribution in [3.05, 3.63) is 0 Å². The number of carbonyl (C=O) groups is 1. The second-order valence-corrected chi connectivity index (χ2v) is 1.37. The maximum absolute atomic E-state index is 9.39. The van der Waals surface area contributed by atoms with Crippen molar-refractivity contribution < 1.29 is 4.79 Å². The van der Waals surface area contributed by atoms with Gasteiger partial charge in [0.05, 0.1) is 5.75 Å². The molecule has 0 aliphatic heterocycles. The molecule has 0 heterocycles. The van der Waals surface area contributed by atoms with Crippen LogP contribution in [-0.4, -0.2) is 12.0 Å². The quantitative estimate of drug-likeness (QED) is 0.287. The minimum absolute atomic E-state index is 0.288. The molecule has 0 aromatic heterocycles. The number of hydrogen-bond acceptors (Lipinski definition) is 3. The van der Waals surface area contributed by atoms with Crippen molar-refractivity contribution in [2.75, 3.05) is 5.75 Å². The number of thioether (sulfide) groups is 1. The van der Waals surface area contributed by atoms with Gasteiger partial charge in [0, 0.05) is 0 Å². The smallest absolute Gasteiger partial charge is 0.133 e. The molecule has 0 fully saturated rings. The monoisotopic (exact) mass is 101 g/mol. The summed E-state index contributed by atoms with van der Waals surface area (Å²) >= 11 is 0.946. The van der Waals surface area contributed by atoms with E-state index in [1.54, 1.807) is 5.40 Å². The Bertz CT molecular complexity index is 75.4. The van der Waals surface area contributed by atoms with Crippen LogP contribution < -0.4 is 0 Å². The third-order valence-electron chi connectivity index (χ3n) is 0.216. The van der Waals surface area contributed by atoms with Crippen LogP contribution in [0.3, 0.4) is 0 Å². The SMILES string of the molecule is N#CSCC=O. The first-order chi connectivity index (χ1) is 2.91. The molecule has 0 amide bonds. The van der Waals surface area contributed by atoms with Gasteiger partial charge in [0.2, 0.25) is 0 Å². The predicted molar refractivity (Wildman–Crippen MR) is 24.1 cm³/mol. The van der Waals surface area contributed by atoms with Crippen molar-refractivity contribution >= 4 is 18.0 Å². The van der Waals surface area contributed by atoms with Crippen LogP contribution in [0.15, 0.2) is 0 Å². The van der Waals surface area contributed by atoms with Crippen molar-refractivity contribution in [3.8, 4) is 5.40 Å². The van der Waals surface area contributed by atoms with E-state index in [0.29, 0.717) is 6.29 Å². The fraction of sp³-hybridized carbons (Fsp3) is 0.333. The fourth-order valence-electron chi connectivity index (χ4n) is 0.0713. The zero-order valence-electron chi connectivity index (χ0n) is 3.05. The average Bonchev–Trinajstić information content (AvgIpc) is 1.61. The normalized spacial score (nSPS) is 6.50. The Morgan fingerprint density at radius 1 is 2.00 bits per heavy atom. The Balaban J connectivity index is 2.72. The molecule has 0 atom stereocenters. The lowest BCUT2D eigenvalue weighted by atomic mass is 10.9. The van der Waals surface area contributed by atoms with Crippen LogP contribution in [0.1, 0.15) is 0 Å². The molecule has 32 valence electrons. The molecule has 0 aromatic carbocycles. The molecule has 6 heavy (non-hydrogen) atoms. The van der Waals surface area contributed by atoms with Crippen LogP contribution in [0.25, 0.3) is 0 Å². The molecule has 0 bridgehead atoms. The van der Waals surface area contributed by atoms with Gasteiger partial charge in [0.1, 0.15) is 11.7 Å². The van der Waals surface area contributed by atoms with Gasteiger partial charge >= 0.3 is 0 Å². The number of aldehydes is 1. The molecule has 0 aliphatic carbocycles. The Labute approximate surface area is 40.1 Å². The highest BCUT2D eigenvalue weighted by Crippen LogP contribution is 1.88. The van der Waals surface area contributed by atoms with Crippen molar-refractivity contribution in [1.29, 1.82) is 5.26 Å². The van der Waals surface area contributed by atoms with Gasteiger partial charge in [-0.15, -0.1) is 0 Å². The lowest BCUT2D eigenvalue weighted by molar-refractivity contribution is -0.105. The van der Waals surface area contributed by atoms with Crippen LogP contribution in [0.4, 0.5) is 0 Å². The second-order valence-electron chi connectivity index (χ2n) is 0.569. The summed E-state index contributed by atoms with van der Waals surface area (Å²) in [6, 6.07) is 0. The molecular formula is C3H3NOS. The predicted octanol–water partition coefficient (Wildman–Crippen LogP) is 0.400. The summed E-state index contributed by atoms with van der Waals surface area (Å²) < 4.78 is 0. The van der Waals surface area contributed by atoms with Gasteiger partial charge in [0.25, 0.3) is 0 Å². The third-order valence-corrected chi connectivity index (χ3v) is 0.648. The summed E-state index contributed by atoms with van der Waals surface area (Å²) in [6.45, 7) is 0. The van der Waals surface area contributed by atoms with E-state index in [9.17, 15) is 4.79 Å². The molecule has 0 rings (SSSR count). The third kappa shape index (κ3) is 3.51. The van der Waals surface area contributed by atoms with Gasteiger partial charge in [-0.2, -0.15) is 5.26 Å². The maximum Gasteiger partial charge on any atom is 0.133 e. The number of carbonyl (C=O) groups excluding carboxylic acids is 1. The zero-order valence-corrected chi connectivity index (χ0v) is 3.86. The van der Waals surface area contributed by atoms with Crippen LogP contribution in [-0.2, 0) is 4.79 Å². The van der Waals surface area contributed by atoms with E-state index in [1.807, 2.05) is 0 Å². The Hall–Kier alpha value is -0.490. The second kappa shape index (κ2) is 4.51. The first-order valence-corrected chi connectivity index (χ1v) is 2.35. The molecule has 2 nitrogen and oxygen atoms in total. The topological polar surface area (TPSA) is 40.9 Å². The summed E-state index contributed by atoms with van der Waals surface area (Å²) in [6.07, 6.45) is 0.702. The van der Waals surface area contributed by atoms with E-state index < -0.39 is 0 Å². The van der Waals surface area contributed by atoms with Gasteiger partial charge in [-0.25, -0.2) is 0 Å². The summed E-state index contributed by atoms with van der Waals surface area (Å²) in [5, 5.41) is 9.51. The zero-order chi connectivity index (χ0) is 4.83. The fourth-order valence-corrected chi connectivity index (χ4v) is 0.214. The largest absolute Gasteiger partial charge is 0.302 e. The van der Waals surface area contributed by atoms with Crippen molar-refractivity contribution in [2.24, 2.45) is 0 Å². The van der Waals surface area contributed by atoms with Gasteiger partial charge in [0.15, 0.2) is 0 Å². The van der Waals surface area contributed by atoms with Crippen molar-refractivity contribution in [1.82, 2.24) is 0 Å². The molecule has 3 heteroatoms. The average molecular weight is 101 g/mol. The highest BCUT2D eigenvalue weighted by atomic mass is 32.2. The molecule has 0 spiro atoms. The van der Waals surface area contributed by atoms with Crippen LogP contribution in [0, 0.1) is 10.7 Å². The summed E-state index contributed by atoms with van der Waals surface area (Å²) in [7, 11) is 0. The molecular weight excluding hydrogens is 98.1 g/mol. The van der Waals surface area contributed by atoms with Crippen molar-refractivity contribution in [2.45, 2.75) is 0 Å². The first-order valence-electron chi connectivity index (χ1n) is 1.36. The molecule has 0 N–H and O–H groups in total. The van der Waals surface area contributed by atoms with E-state index in [-0.39, 0.29) is 5.75 Å². The molecule has 0 unspecified atom stereocenters. The summed E-state index contributed by atoms with van der Waals surface area (Å²) in [4.78, 5) is 9.39. The van der Waals surface area contributed by atoms with Crippen LogP contribution in [0.2, 0.25) is 0 Å². The van der Waals surface area contributed by atoms with Gasteiger partial charge in [-0.1, -0.05) is 0 Å². The highest BCUT2D eigenvalue weighted by molar-refractivity contribution is 8.04. The Morgan fingerprint density at radius 3 is 2.83 bits per heavy atom. The lowest BCUT2D eigenvalue weighted by Crippen LogP contribution is -1.70. The van der Waals surface area contributed by atoms with E-state index in [0.717, 1.165) is 11.8 Å². The molecule has 0 radical (unpaired) electrons. The number of thiocyanates is 1. The minimum Gasteiger partial charge on any atom is -0.302 e. The molecule has 0 aliphatic rings. The van der Waals surface area contributed by atoms with Gasteiger partial charge in [-0.3, -0.25) is 0 Å². The highest BCUT2D eigenvalue weighted by Gasteiger charge is 1.74. The molecule has 0 saturated carbocycles. The molecule has 0 aromatic rings. The molecule has 0 saturated heterocycles. The lowest BCUT2D eigenvalue weighted by Gasteiger charge is -1.66. The van der Waals surface area contributed by atoms with Gasteiger partial charge < -0.3 is 4.79 Å². The maximum atomic E-state index is 9.39.